The van der Waals surface area contributed by atoms with Crippen LogP contribution in [-0.4, -0.2) is 27.1 Å². The number of rotatable bonds is 5. The van der Waals surface area contributed by atoms with Crippen LogP contribution in [0.25, 0.3) is 10.2 Å². The summed E-state index contributed by atoms with van der Waals surface area (Å²) in [6.45, 7) is 4.84. The number of carboxylic acid groups (broad SMARTS) is 1. The van der Waals surface area contributed by atoms with Crippen molar-refractivity contribution in [1.82, 2.24) is 9.97 Å². The van der Waals surface area contributed by atoms with E-state index in [0.717, 1.165) is 35.2 Å². The van der Waals surface area contributed by atoms with Crippen LogP contribution in [0.4, 0.5) is 18.9 Å². The molecule has 1 N–H and O–H groups in total. The molecule has 0 aliphatic rings. The number of carboxylic acids is 1. The summed E-state index contributed by atoms with van der Waals surface area (Å²) in [6, 6.07) is 4.36. The molecule has 0 aliphatic heterocycles. The monoisotopic (exact) mass is 454 g/mol. The highest BCUT2D eigenvalue weighted by Gasteiger charge is 2.30. The Hall–Kier alpha value is -2.66. The molecule has 11 heteroatoms. The smallest absolute Gasteiger partial charge is 0.416 e. The minimum atomic E-state index is -4.52. The van der Waals surface area contributed by atoms with E-state index >= 15 is 0 Å². The molecule has 0 fully saturated rings. The van der Waals surface area contributed by atoms with E-state index in [1.54, 1.807) is 20.8 Å². The Balaban J connectivity index is 1.85. The van der Waals surface area contributed by atoms with Gasteiger partial charge in [-0.05, 0) is 44.5 Å². The Morgan fingerprint density at radius 1 is 1.23 bits per heavy atom. The van der Waals surface area contributed by atoms with Gasteiger partial charge in [0.05, 0.1) is 21.7 Å². The van der Waals surface area contributed by atoms with Crippen LogP contribution in [-0.2, 0) is 11.0 Å². The molecule has 0 radical (unpaired) electrons. The third kappa shape index (κ3) is 4.57. The van der Waals surface area contributed by atoms with Gasteiger partial charge in [-0.1, -0.05) is 17.8 Å². The number of thioether (sulfide) groups is 1. The number of amides is 1. The third-order valence-corrected chi connectivity index (χ3v) is 6.42. The van der Waals surface area contributed by atoms with E-state index in [9.17, 15) is 27.9 Å². The molecule has 3 rings (SSSR count). The number of nitrogens with one attached hydrogen (secondary N) is 1. The summed E-state index contributed by atoms with van der Waals surface area (Å²) >= 11 is 2.04. The SMILES string of the molecule is Cc1nc(S[C@@H](C)C(=O)Nc2cccc(C(F)(F)F)c2)c2c(C)c(C(=O)[O-])sc2n1. The Labute approximate surface area is 177 Å². The summed E-state index contributed by atoms with van der Waals surface area (Å²) in [5.74, 6) is -1.43. The average Bonchev–Trinajstić information content (AvgIpc) is 2.97. The molecule has 1 atom stereocenters. The van der Waals surface area contributed by atoms with Crippen molar-refractivity contribution in [2.24, 2.45) is 0 Å². The fourth-order valence-electron chi connectivity index (χ4n) is 2.72. The summed E-state index contributed by atoms with van der Waals surface area (Å²) < 4.78 is 38.6. The minimum Gasteiger partial charge on any atom is -0.544 e. The highest BCUT2D eigenvalue weighted by Crippen LogP contribution is 2.37. The summed E-state index contributed by atoms with van der Waals surface area (Å²) in [5.41, 5.74) is -0.391. The van der Waals surface area contributed by atoms with Gasteiger partial charge >= 0.3 is 6.18 Å². The number of aromatic carboxylic acids is 1. The largest absolute Gasteiger partial charge is 0.544 e. The Kier molecular flexibility index (Phi) is 6.04. The van der Waals surface area contributed by atoms with Crippen LogP contribution in [0.3, 0.4) is 0 Å². The first-order valence-electron chi connectivity index (χ1n) is 8.61. The zero-order chi connectivity index (χ0) is 22.2. The van der Waals surface area contributed by atoms with E-state index in [2.05, 4.69) is 15.3 Å². The lowest BCUT2D eigenvalue weighted by Crippen LogP contribution is -2.23. The van der Waals surface area contributed by atoms with Gasteiger partial charge in [0.25, 0.3) is 0 Å². The molecule has 2 aromatic heterocycles. The molecule has 0 saturated heterocycles. The fourth-order valence-corrected chi connectivity index (χ4v) is 4.90. The molecule has 0 unspecified atom stereocenters. The highest BCUT2D eigenvalue weighted by molar-refractivity contribution is 8.00. The maximum Gasteiger partial charge on any atom is 0.416 e. The summed E-state index contributed by atoms with van der Waals surface area (Å²) in [6.07, 6.45) is -4.52. The Morgan fingerprint density at radius 3 is 2.57 bits per heavy atom. The molecule has 6 nitrogen and oxygen atoms in total. The van der Waals surface area contributed by atoms with Gasteiger partial charge in [-0.3, -0.25) is 4.79 Å². The van der Waals surface area contributed by atoms with Crippen molar-refractivity contribution in [3.8, 4) is 0 Å². The van der Waals surface area contributed by atoms with Gasteiger partial charge in [0.15, 0.2) is 0 Å². The zero-order valence-electron chi connectivity index (χ0n) is 16.0. The van der Waals surface area contributed by atoms with Crippen molar-refractivity contribution in [1.29, 1.82) is 0 Å². The number of carbonyl (C=O) groups excluding carboxylic acids is 2. The van der Waals surface area contributed by atoms with Crippen molar-refractivity contribution in [2.45, 2.75) is 37.2 Å². The number of nitrogens with zero attached hydrogens (tertiary/aromatic N) is 2. The number of hydrogen-bond donors (Lipinski definition) is 1. The lowest BCUT2D eigenvalue weighted by atomic mass is 10.2. The molecule has 158 valence electrons. The van der Waals surface area contributed by atoms with Crippen molar-refractivity contribution < 1.29 is 27.9 Å². The molecule has 0 spiro atoms. The topological polar surface area (TPSA) is 95.0 Å². The standard InChI is InChI=1S/C19H16F3N3O3S2/c1-8-13-16(23-10(3)24-17(13)30-14(8)18(27)28)29-9(2)15(26)25-12-6-4-5-11(7-12)19(20,21)22/h4-7,9H,1-3H3,(H,25,26)(H,27,28)/p-1/t9-/m0/s1. The number of aromatic nitrogens is 2. The maximum absolute atomic E-state index is 12.9. The Bertz CT molecular complexity index is 1150. The summed E-state index contributed by atoms with van der Waals surface area (Å²) in [4.78, 5) is 32.9. The van der Waals surface area contributed by atoms with Gasteiger partial charge < -0.3 is 15.2 Å². The van der Waals surface area contributed by atoms with Crippen LogP contribution in [0.1, 0.15) is 33.5 Å². The normalized spacial score (nSPS) is 12.7. The van der Waals surface area contributed by atoms with Crippen molar-refractivity contribution >= 4 is 50.9 Å². The number of halogens is 3. The first kappa shape index (κ1) is 22.0. The number of benzene rings is 1. The highest BCUT2D eigenvalue weighted by atomic mass is 32.2. The van der Waals surface area contributed by atoms with Crippen LogP contribution in [0.2, 0.25) is 0 Å². The second kappa shape index (κ2) is 8.23. The molecule has 2 heterocycles. The number of fused-ring (bicyclic) bond motifs is 1. The minimum absolute atomic E-state index is 0.0252. The van der Waals surface area contributed by atoms with Crippen LogP contribution in [0, 0.1) is 13.8 Å². The lowest BCUT2D eigenvalue weighted by molar-refractivity contribution is -0.254. The van der Waals surface area contributed by atoms with E-state index in [0.29, 0.717) is 26.6 Å². The van der Waals surface area contributed by atoms with Crippen molar-refractivity contribution in [3.05, 3.63) is 46.1 Å². The van der Waals surface area contributed by atoms with Gasteiger partial charge in [0.2, 0.25) is 5.91 Å². The molecule has 1 aromatic carbocycles. The van der Waals surface area contributed by atoms with Crippen LogP contribution in [0.15, 0.2) is 29.3 Å². The third-order valence-electron chi connectivity index (χ3n) is 4.17. The predicted octanol–water partition coefficient (Wildman–Crippen LogP) is 3.81. The van der Waals surface area contributed by atoms with Crippen molar-refractivity contribution in [2.75, 3.05) is 5.32 Å². The van der Waals surface area contributed by atoms with E-state index in [-0.39, 0.29) is 10.6 Å². The molecule has 3 aromatic rings. The van der Waals surface area contributed by atoms with Crippen LogP contribution >= 0.6 is 23.1 Å². The molecular weight excluding hydrogens is 439 g/mol. The summed E-state index contributed by atoms with van der Waals surface area (Å²) in [7, 11) is 0. The quantitative estimate of drug-likeness (QED) is 0.465. The predicted molar refractivity (Wildman–Crippen MR) is 107 cm³/mol. The second-order valence-corrected chi connectivity index (χ2v) is 8.76. The van der Waals surface area contributed by atoms with Gasteiger partial charge in [-0.2, -0.15) is 13.2 Å². The second-order valence-electron chi connectivity index (χ2n) is 6.43. The van der Waals surface area contributed by atoms with E-state index in [1.165, 1.54) is 12.1 Å². The Morgan fingerprint density at radius 2 is 1.93 bits per heavy atom. The summed E-state index contributed by atoms with van der Waals surface area (Å²) in [5, 5.41) is 14.0. The van der Waals surface area contributed by atoms with Gasteiger partial charge in [0.1, 0.15) is 15.7 Å². The number of aryl methyl sites for hydroxylation is 2. The van der Waals surface area contributed by atoms with Crippen LogP contribution in [0.5, 0.6) is 0 Å². The zero-order valence-corrected chi connectivity index (χ0v) is 17.6. The van der Waals surface area contributed by atoms with E-state index in [1.807, 2.05) is 0 Å². The van der Waals surface area contributed by atoms with E-state index < -0.39 is 28.9 Å². The van der Waals surface area contributed by atoms with Crippen LogP contribution < -0.4 is 10.4 Å². The molecular formula is C19H15F3N3O3S2-. The average molecular weight is 454 g/mol. The molecule has 0 saturated carbocycles. The van der Waals surface area contributed by atoms with Crippen molar-refractivity contribution in [3.63, 3.8) is 0 Å². The number of alkyl halides is 3. The molecule has 0 aliphatic carbocycles. The number of carbonyl (C=O) groups is 2. The number of anilines is 1. The van der Waals surface area contributed by atoms with Gasteiger partial charge in [-0.25, -0.2) is 9.97 Å². The number of hydrogen-bond acceptors (Lipinski definition) is 7. The first-order chi connectivity index (χ1) is 14.0. The maximum atomic E-state index is 12.9. The fraction of sp³-hybridized carbons (Fsp3) is 0.263. The number of thiophene rings is 1. The van der Waals surface area contributed by atoms with Gasteiger partial charge in [-0.15, -0.1) is 11.3 Å². The van der Waals surface area contributed by atoms with Gasteiger partial charge in [0, 0.05) is 11.1 Å². The first-order valence-corrected chi connectivity index (χ1v) is 10.3. The van der Waals surface area contributed by atoms with E-state index in [4.69, 9.17) is 0 Å². The lowest BCUT2D eigenvalue weighted by Gasteiger charge is -2.14. The molecule has 0 bridgehead atoms. The molecule has 1 amide bonds. The molecule has 30 heavy (non-hydrogen) atoms.